The molecule has 1 aliphatic heterocycles. The molecule has 0 amide bonds. The molecule has 106 valence electrons. The maximum Gasteiger partial charge on any atom is 0.128 e. The zero-order valence-corrected chi connectivity index (χ0v) is 12.2. The molecule has 3 heteroatoms. The van der Waals surface area contributed by atoms with Crippen molar-refractivity contribution < 1.29 is 4.39 Å². The summed E-state index contributed by atoms with van der Waals surface area (Å²) in [6.45, 7) is 5.44. The van der Waals surface area contributed by atoms with Crippen molar-refractivity contribution in [3.63, 3.8) is 0 Å². The summed E-state index contributed by atoms with van der Waals surface area (Å²) in [5, 5.41) is 3.27. The third-order valence-electron chi connectivity index (χ3n) is 4.40. The largest absolute Gasteiger partial charge is 0.312 e. The Kier molecular flexibility index (Phi) is 4.94. The van der Waals surface area contributed by atoms with Crippen LogP contribution < -0.4 is 5.32 Å². The fourth-order valence-electron chi connectivity index (χ4n) is 3.15. The lowest BCUT2D eigenvalue weighted by molar-refractivity contribution is 0.0915. The summed E-state index contributed by atoms with van der Waals surface area (Å²) in [6.07, 6.45) is 3.80. The highest BCUT2D eigenvalue weighted by Crippen LogP contribution is 2.26. The van der Waals surface area contributed by atoms with Crippen LogP contribution in [0.1, 0.15) is 44.7 Å². The number of rotatable bonds is 4. The molecule has 3 unspecified atom stereocenters. The summed E-state index contributed by atoms with van der Waals surface area (Å²) >= 11 is 0. The van der Waals surface area contributed by atoms with E-state index in [2.05, 4.69) is 24.1 Å². The number of hydrogen-bond acceptors (Lipinski definition) is 2. The Morgan fingerprint density at radius 1 is 1.26 bits per heavy atom. The molecular weight excluding hydrogens is 239 g/mol. The van der Waals surface area contributed by atoms with Crippen LogP contribution in [-0.2, 0) is 0 Å². The Labute approximate surface area is 116 Å². The molecule has 3 atom stereocenters. The van der Waals surface area contributed by atoms with Crippen LogP contribution in [0, 0.1) is 5.82 Å². The van der Waals surface area contributed by atoms with E-state index in [1.54, 1.807) is 12.1 Å². The van der Waals surface area contributed by atoms with Gasteiger partial charge in [-0.05, 0) is 39.8 Å². The SMILES string of the molecule is CNC(CN1C(C)CCCC1C)c1ccccc1F. The van der Waals surface area contributed by atoms with E-state index in [9.17, 15) is 4.39 Å². The standard InChI is InChI=1S/C16H25FN2/c1-12-7-6-8-13(2)19(12)11-16(18-3)14-9-4-5-10-15(14)17/h4-5,9-10,12-13,16,18H,6-8,11H2,1-3H3. The summed E-state index contributed by atoms with van der Waals surface area (Å²) in [7, 11) is 1.91. The van der Waals surface area contributed by atoms with Crippen molar-refractivity contribution in [3.05, 3.63) is 35.6 Å². The minimum atomic E-state index is -0.112. The predicted molar refractivity (Wildman–Crippen MR) is 77.7 cm³/mol. The van der Waals surface area contributed by atoms with E-state index in [-0.39, 0.29) is 11.9 Å². The maximum absolute atomic E-state index is 13.9. The summed E-state index contributed by atoms with van der Waals surface area (Å²) < 4.78 is 13.9. The van der Waals surface area contributed by atoms with Gasteiger partial charge in [-0.1, -0.05) is 24.6 Å². The van der Waals surface area contributed by atoms with Gasteiger partial charge in [-0.25, -0.2) is 4.39 Å². The number of nitrogens with one attached hydrogen (secondary N) is 1. The number of likely N-dealkylation sites (N-methyl/N-ethyl adjacent to an activating group) is 1. The molecule has 0 saturated carbocycles. The monoisotopic (exact) mass is 264 g/mol. The van der Waals surface area contributed by atoms with Crippen LogP contribution in [0.25, 0.3) is 0 Å². The van der Waals surface area contributed by atoms with Crippen LogP contribution in [0.3, 0.4) is 0 Å². The van der Waals surface area contributed by atoms with Gasteiger partial charge in [0.15, 0.2) is 0 Å². The van der Waals surface area contributed by atoms with Crippen LogP contribution in [0.2, 0.25) is 0 Å². The quantitative estimate of drug-likeness (QED) is 0.897. The molecule has 1 aliphatic rings. The molecule has 0 radical (unpaired) electrons. The zero-order valence-electron chi connectivity index (χ0n) is 12.2. The first kappa shape index (κ1) is 14.5. The summed E-state index contributed by atoms with van der Waals surface area (Å²) in [4.78, 5) is 2.51. The van der Waals surface area contributed by atoms with Gasteiger partial charge in [0, 0.05) is 30.2 Å². The first-order valence-electron chi connectivity index (χ1n) is 7.31. The number of piperidine rings is 1. The molecule has 0 aliphatic carbocycles. The number of hydrogen-bond donors (Lipinski definition) is 1. The lowest BCUT2D eigenvalue weighted by atomic mass is 9.95. The molecule has 1 heterocycles. The lowest BCUT2D eigenvalue weighted by Crippen LogP contribution is -2.47. The van der Waals surface area contributed by atoms with E-state index >= 15 is 0 Å². The minimum absolute atomic E-state index is 0.0594. The average Bonchev–Trinajstić information content (AvgIpc) is 2.40. The van der Waals surface area contributed by atoms with Crippen molar-refractivity contribution in [2.45, 2.75) is 51.2 Å². The Bertz CT molecular complexity index is 397. The normalized spacial score (nSPS) is 26.3. The van der Waals surface area contributed by atoms with Gasteiger partial charge in [0.1, 0.15) is 5.82 Å². The van der Waals surface area contributed by atoms with Gasteiger partial charge in [-0.2, -0.15) is 0 Å². The first-order valence-corrected chi connectivity index (χ1v) is 7.31. The topological polar surface area (TPSA) is 15.3 Å². The highest BCUT2D eigenvalue weighted by atomic mass is 19.1. The van der Waals surface area contributed by atoms with Gasteiger partial charge in [-0.3, -0.25) is 4.90 Å². The molecule has 2 nitrogen and oxygen atoms in total. The van der Waals surface area contributed by atoms with Gasteiger partial charge < -0.3 is 5.32 Å². The lowest BCUT2D eigenvalue weighted by Gasteiger charge is -2.41. The van der Waals surface area contributed by atoms with Crippen molar-refractivity contribution in [2.24, 2.45) is 0 Å². The van der Waals surface area contributed by atoms with Crippen molar-refractivity contribution >= 4 is 0 Å². The van der Waals surface area contributed by atoms with Crippen LogP contribution in [0.4, 0.5) is 4.39 Å². The molecule has 1 fully saturated rings. The second-order valence-electron chi connectivity index (χ2n) is 5.69. The second kappa shape index (κ2) is 6.49. The van der Waals surface area contributed by atoms with Gasteiger partial charge in [0.25, 0.3) is 0 Å². The summed E-state index contributed by atoms with van der Waals surface area (Å²) in [5.41, 5.74) is 0.773. The van der Waals surface area contributed by atoms with Gasteiger partial charge >= 0.3 is 0 Å². The molecule has 0 bridgehead atoms. The van der Waals surface area contributed by atoms with E-state index in [0.717, 1.165) is 12.1 Å². The van der Waals surface area contributed by atoms with Crippen LogP contribution in [-0.4, -0.2) is 30.6 Å². The Morgan fingerprint density at radius 3 is 2.47 bits per heavy atom. The smallest absolute Gasteiger partial charge is 0.128 e. The highest BCUT2D eigenvalue weighted by molar-refractivity contribution is 5.21. The summed E-state index contributed by atoms with van der Waals surface area (Å²) in [6, 6.07) is 8.32. The van der Waals surface area contributed by atoms with Crippen LogP contribution in [0.15, 0.2) is 24.3 Å². The van der Waals surface area contributed by atoms with Gasteiger partial charge in [0.2, 0.25) is 0 Å². The first-order chi connectivity index (χ1) is 9.13. The molecule has 2 rings (SSSR count). The number of likely N-dealkylation sites (tertiary alicyclic amines) is 1. The highest BCUT2D eigenvalue weighted by Gasteiger charge is 2.27. The number of nitrogens with zero attached hydrogens (tertiary/aromatic N) is 1. The maximum atomic E-state index is 13.9. The fraction of sp³-hybridized carbons (Fsp3) is 0.625. The van der Waals surface area contributed by atoms with Crippen molar-refractivity contribution in [1.29, 1.82) is 0 Å². The van der Waals surface area contributed by atoms with E-state index in [4.69, 9.17) is 0 Å². The predicted octanol–water partition coefficient (Wildman–Crippen LogP) is 3.35. The van der Waals surface area contributed by atoms with Crippen LogP contribution >= 0.6 is 0 Å². The van der Waals surface area contributed by atoms with Crippen molar-refractivity contribution in [1.82, 2.24) is 10.2 Å². The Balaban J connectivity index is 2.12. The van der Waals surface area contributed by atoms with Crippen LogP contribution in [0.5, 0.6) is 0 Å². The van der Waals surface area contributed by atoms with E-state index in [0.29, 0.717) is 12.1 Å². The van der Waals surface area contributed by atoms with E-state index in [1.165, 1.54) is 19.3 Å². The molecule has 0 spiro atoms. The number of halogens is 1. The average molecular weight is 264 g/mol. The Hall–Kier alpha value is -0.930. The molecule has 1 aromatic carbocycles. The Morgan fingerprint density at radius 2 is 1.89 bits per heavy atom. The third kappa shape index (κ3) is 3.34. The van der Waals surface area contributed by atoms with Crippen molar-refractivity contribution in [2.75, 3.05) is 13.6 Å². The minimum Gasteiger partial charge on any atom is -0.312 e. The molecule has 1 N–H and O–H groups in total. The molecule has 1 saturated heterocycles. The molecule has 19 heavy (non-hydrogen) atoms. The van der Waals surface area contributed by atoms with Gasteiger partial charge in [-0.15, -0.1) is 0 Å². The van der Waals surface area contributed by atoms with E-state index < -0.39 is 0 Å². The molecule has 1 aromatic rings. The van der Waals surface area contributed by atoms with Crippen molar-refractivity contribution in [3.8, 4) is 0 Å². The zero-order chi connectivity index (χ0) is 13.8. The van der Waals surface area contributed by atoms with E-state index in [1.807, 2.05) is 19.2 Å². The van der Waals surface area contributed by atoms with Gasteiger partial charge in [0.05, 0.1) is 0 Å². The fourth-order valence-corrected chi connectivity index (χ4v) is 3.15. The third-order valence-corrected chi connectivity index (χ3v) is 4.40. The summed E-state index contributed by atoms with van der Waals surface area (Å²) in [5.74, 6) is -0.112. The molecule has 0 aromatic heterocycles. The molecular formula is C16H25FN2. The number of benzene rings is 1. The second-order valence-corrected chi connectivity index (χ2v) is 5.69.